The zero-order valence-corrected chi connectivity index (χ0v) is 9.85. The Morgan fingerprint density at radius 3 is 2.06 bits per heavy atom. The number of piperidine rings is 1. The van der Waals surface area contributed by atoms with Crippen LogP contribution in [-0.4, -0.2) is 41.4 Å². The minimum absolute atomic E-state index is 0.190. The number of alkyl halides is 3. The molecule has 1 heterocycles. The smallest absolute Gasteiger partial charge is 0.390 e. The van der Waals surface area contributed by atoms with Crippen molar-refractivity contribution in [3.8, 4) is 0 Å². The van der Waals surface area contributed by atoms with Crippen molar-refractivity contribution in [2.24, 2.45) is 5.92 Å². The number of likely N-dealkylation sites (tertiary alicyclic amines) is 1. The highest BCUT2D eigenvalue weighted by Crippen LogP contribution is 2.34. The standard InChI is InChI=1S/C11H20F3NO/c1-10(2,16)5-8-15-6-3-9(4-7-15)11(12,13)14/h9,16H,3-8H2,1-2H3. The molecule has 0 spiro atoms. The Hall–Kier alpha value is -0.290. The molecule has 0 aromatic heterocycles. The number of rotatable bonds is 3. The second kappa shape index (κ2) is 4.92. The van der Waals surface area contributed by atoms with Crippen molar-refractivity contribution in [3.63, 3.8) is 0 Å². The van der Waals surface area contributed by atoms with Crippen LogP contribution in [0, 0.1) is 5.92 Å². The number of hydrogen-bond acceptors (Lipinski definition) is 2. The second-order valence-corrected chi connectivity index (χ2v) is 5.22. The van der Waals surface area contributed by atoms with E-state index in [1.54, 1.807) is 13.8 Å². The summed E-state index contributed by atoms with van der Waals surface area (Å²) in [6, 6.07) is 0. The first-order valence-corrected chi connectivity index (χ1v) is 5.70. The normalized spacial score (nSPS) is 21.4. The molecular formula is C11H20F3NO. The highest BCUT2D eigenvalue weighted by Gasteiger charge is 2.40. The van der Waals surface area contributed by atoms with Crippen LogP contribution in [0.4, 0.5) is 13.2 Å². The highest BCUT2D eigenvalue weighted by atomic mass is 19.4. The molecule has 0 atom stereocenters. The average Bonchev–Trinajstić information content (AvgIpc) is 2.13. The molecule has 1 aliphatic rings. The monoisotopic (exact) mass is 239 g/mol. The van der Waals surface area contributed by atoms with E-state index >= 15 is 0 Å². The molecule has 16 heavy (non-hydrogen) atoms. The number of halogens is 3. The lowest BCUT2D eigenvalue weighted by atomic mass is 9.95. The van der Waals surface area contributed by atoms with Gasteiger partial charge in [0.25, 0.3) is 0 Å². The van der Waals surface area contributed by atoms with Crippen LogP contribution >= 0.6 is 0 Å². The fourth-order valence-electron chi connectivity index (χ4n) is 1.92. The molecule has 0 unspecified atom stereocenters. The van der Waals surface area contributed by atoms with Gasteiger partial charge in [-0.05, 0) is 46.2 Å². The molecular weight excluding hydrogens is 219 g/mol. The van der Waals surface area contributed by atoms with Crippen molar-refractivity contribution in [1.82, 2.24) is 4.90 Å². The molecule has 1 fully saturated rings. The van der Waals surface area contributed by atoms with Gasteiger partial charge in [0.1, 0.15) is 0 Å². The summed E-state index contributed by atoms with van der Waals surface area (Å²) in [6.45, 7) is 5.08. The third kappa shape index (κ3) is 4.70. The summed E-state index contributed by atoms with van der Waals surface area (Å²) in [5, 5.41) is 9.52. The molecule has 1 aliphatic heterocycles. The number of aliphatic hydroxyl groups is 1. The summed E-state index contributed by atoms with van der Waals surface area (Å²) >= 11 is 0. The molecule has 2 nitrogen and oxygen atoms in total. The lowest BCUT2D eigenvalue weighted by Crippen LogP contribution is -2.40. The quantitative estimate of drug-likeness (QED) is 0.817. The maximum absolute atomic E-state index is 12.4. The molecule has 96 valence electrons. The maximum Gasteiger partial charge on any atom is 0.391 e. The van der Waals surface area contributed by atoms with Gasteiger partial charge in [-0.1, -0.05) is 0 Å². The van der Waals surface area contributed by atoms with Crippen LogP contribution < -0.4 is 0 Å². The van der Waals surface area contributed by atoms with Crippen LogP contribution in [0.2, 0.25) is 0 Å². The van der Waals surface area contributed by atoms with Crippen molar-refractivity contribution in [3.05, 3.63) is 0 Å². The van der Waals surface area contributed by atoms with Gasteiger partial charge in [0, 0.05) is 6.54 Å². The molecule has 0 aliphatic carbocycles. The van der Waals surface area contributed by atoms with E-state index in [1.165, 1.54) is 0 Å². The van der Waals surface area contributed by atoms with E-state index in [1.807, 2.05) is 4.90 Å². The van der Waals surface area contributed by atoms with Crippen molar-refractivity contribution >= 4 is 0 Å². The van der Waals surface area contributed by atoms with Gasteiger partial charge in [0.05, 0.1) is 11.5 Å². The van der Waals surface area contributed by atoms with Crippen molar-refractivity contribution < 1.29 is 18.3 Å². The average molecular weight is 239 g/mol. The van der Waals surface area contributed by atoms with E-state index in [-0.39, 0.29) is 12.8 Å². The summed E-state index contributed by atoms with van der Waals surface area (Å²) in [7, 11) is 0. The fraction of sp³-hybridized carbons (Fsp3) is 1.00. The predicted octanol–water partition coefficient (Wildman–Crippen LogP) is 2.42. The topological polar surface area (TPSA) is 23.5 Å². The zero-order valence-electron chi connectivity index (χ0n) is 9.85. The van der Waals surface area contributed by atoms with E-state index in [2.05, 4.69) is 0 Å². The third-order valence-electron chi connectivity index (χ3n) is 3.09. The van der Waals surface area contributed by atoms with E-state index in [9.17, 15) is 18.3 Å². The highest BCUT2D eigenvalue weighted by molar-refractivity contribution is 4.78. The van der Waals surface area contributed by atoms with Gasteiger partial charge in [-0.2, -0.15) is 13.2 Å². The molecule has 0 aromatic rings. The van der Waals surface area contributed by atoms with Crippen molar-refractivity contribution in [1.29, 1.82) is 0 Å². The van der Waals surface area contributed by atoms with Crippen LogP contribution in [0.15, 0.2) is 0 Å². The number of hydrogen-bond donors (Lipinski definition) is 1. The van der Waals surface area contributed by atoms with E-state index in [0.717, 1.165) is 0 Å². The molecule has 1 N–H and O–H groups in total. The molecule has 0 radical (unpaired) electrons. The van der Waals surface area contributed by atoms with Gasteiger partial charge < -0.3 is 10.0 Å². The van der Waals surface area contributed by atoms with Crippen LogP contribution in [0.5, 0.6) is 0 Å². The maximum atomic E-state index is 12.4. The Balaban J connectivity index is 2.28. The summed E-state index contributed by atoms with van der Waals surface area (Å²) < 4.78 is 37.2. The predicted molar refractivity (Wildman–Crippen MR) is 56.1 cm³/mol. The third-order valence-corrected chi connectivity index (χ3v) is 3.09. The van der Waals surface area contributed by atoms with Gasteiger partial charge in [-0.15, -0.1) is 0 Å². The first kappa shape index (κ1) is 13.8. The van der Waals surface area contributed by atoms with Crippen LogP contribution in [0.3, 0.4) is 0 Å². The summed E-state index contributed by atoms with van der Waals surface area (Å²) in [6.07, 6.45) is -3.06. The Kier molecular flexibility index (Phi) is 4.23. The second-order valence-electron chi connectivity index (χ2n) is 5.22. The SMILES string of the molecule is CC(C)(O)CCN1CCC(C(F)(F)F)CC1. The van der Waals surface area contributed by atoms with Crippen molar-refractivity contribution in [2.75, 3.05) is 19.6 Å². The number of nitrogens with zero attached hydrogens (tertiary/aromatic N) is 1. The molecule has 0 bridgehead atoms. The van der Waals surface area contributed by atoms with Crippen LogP contribution in [0.1, 0.15) is 33.1 Å². The molecule has 0 aromatic carbocycles. The summed E-state index contributed by atoms with van der Waals surface area (Å²) in [5.41, 5.74) is -0.735. The lowest BCUT2D eigenvalue weighted by molar-refractivity contribution is -0.185. The first-order chi connectivity index (χ1) is 7.18. The van der Waals surface area contributed by atoms with Crippen molar-refractivity contribution in [2.45, 2.75) is 44.9 Å². The van der Waals surface area contributed by atoms with Crippen LogP contribution in [0.25, 0.3) is 0 Å². The van der Waals surface area contributed by atoms with E-state index in [0.29, 0.717) is 26.1 Å². The summed E-state index contributed by atoms with van der Waals surface area (Å²) in [5.74, 6) is -1.13. The fourth-order valence-corrected chi connectivity index (χ4v) is 1.92. The van der Waals surface area contributed by atoms with E-state index in [4.69, 9.17) is 0 Å². The Morgan fingerprint density at radius 1 is 1.19 bits per heavy atom. The Labute approximate surface area is 94.4 Å². The van der Waals surface area contributed by atoms with Gasteiger partial charge in [-0.3, -0.25) is 0 Å². The van der Waals surface area contributed by atoms with Crippen LogP contribution in [-0.2, 0) is 0 Å². The van der Waals surface area contributed by atoms with Gasteiger partial charge >= 0.3 is 6.18 Å². The largest absolute Gasteiger partial charge is 0.391 e. The summed E-state index contributed by atoms with van der Waals surface area (Å²) in [4.78, 5) is 2.00. The van der Waals surface area contributed by atoms with Gasteiger partial charge in [0.2, 0.25) is 0 Å². The first-order valence-electron chi connectivity index (χ1n) is 5.70. The molecule has 1 rings (SSSR count). The minimum Gasteiger partial charge on any atom is -0.390 e. The minimum atomic E-state index is -4.04. The zero-order chi connectivity index (χ0) is 12.4. The molecule has 0 amide bonds. The molecule has 1 saturated heterocycles. The van der Waals surface area contributed by atoms with Gasteiger partial charge in [0.15, 0.2) is 0 Å². The lowest BCUT2D eigenvalue weighted by Gasteiger charge is -2.34. The molecule has 0 saturated carbocycles. The Bertz CT molecular complexity index is 214. The van der Waals surface area contributed by atoms with Gasteiger partial charge in [-0.25, -0.2) is 0 Å². The van der Waals surface area contributed by atoms with E-state index < -0.39 is 17.7 Å². The Morgan fingerprint density at radius 2 is 1.69 bits per heavy atom. The molecule has 5 heteroatoms.